The lowest BCUT2D eigenvalue weighted by atomic mass is 10.2. The van der Waals surface area contributed by atoms with Gasteiger partial charge in [0.2, 0.25) is 0 Å². The van der Waals surface area contributed by atoms with Gasteiger partial charge in [-0.1, -0.05) is 37.3 Å². The molecule has 0 aliphatic carbocycles. The zero-order valence-corrected chi connectivity index (χ0v) is 14.2. The minimum Gasteiger partial charge on any atom is -0.493 e. The molecule has 0 aliphatic rings. The van der Waals surface area contributed by atoms with Crippen LogP contribution in [0.4, 0.5) is 5.69 Å². The van der Waals surface area contributed by atoms with E-state index in [1.807, 2.05) is 36.4 Å². The van der Waals surface area contributed by atoms with Gasteiger partial charge < -0.3 is 10.1 Å². The van der Waals surface area contributed by atoms with Crippen molar-refractivity contribution in [2.45, 2.75) is 13.8 Å². The SMILES string of the molecule is CC(C)COc1cccc(C(=O)Nc2ccccc2-n2ccnn2)c1. The van der Waals surface area contributed by atoms with Crippen molar-refractivity contribution in [3.63, 3.8) is 0 Å². The van der Waals surface area contributed by atoms with Crippen LogP contribution < -0.4 is 10.1 Å². The van der Waals surface area contributed by atoms with Crippen LogP contribution in [-0.2, 0) is 0 Å². The Morgan fingerprint density at radius 3 is 2.80 bits per heavy atom. The quantitative estimate of drug-likeness (QED) is 0.747. The summed E-state index contributed by atoms with van der Waals surface area (Å²) >= 11 is 0. The van der Waals surface area contributed by atoms with Crippen molar-refractivity contribution < 1.29 is 9.53 Å². The molecule has 3 aromatic rings. The Balaban J connectivity index is 1.78. The number of rotatable bonds is 6. The van der Waals surface area contributed by atoms with E-state index >= 15 is 0 Å². The molecular formula is C19H20N4O2. The zero-order chi connectivity index (χ0) is 17.6. The zero-order valence-electron chi connectivity index (χ0n) is 14.2. The summed E-state index contributed by atoms with van der Waals surface area (Å²) in [6, 6.07) is 14.6. The van der Waals surface area contributed by atoms with Crippen LogP contribution >= 0.6 is 0 Å². The Hall–Kier alpha value is -3.15. The molecule has 6 nitrogen and oxygen atoms in total. The number of para-hydroxylation sites is 2. The van der Waals surface area contributed by atoms with Crippen molar-refractivity contribution in [3.05, 3.63) is 66.5 Å². The highest BCUT2D eigenvalue weighted by molar-refractivity contribution is 6.05. The fourth-order valence-electron chi connectivity index (χ4n) is 2.30. The molecule has 0 radical (unpaired) electrons. The molecule has 0 atom stereocenters. The van der Waals surface area contributed by atoms with Gasteiger partial charge in [0.15, 0.2) is 0 Å². The number of nitrogens with zero attached hydrogens (tertiary/aromatic N) is 3. The average Bonchev–Trinajstić information content (AvgIpc) is 3.15. The van der Waals surface area contributed by atoms with Crippen LogP contribution in [0.5, 0.6) is 5.75 Å². The van der Waals surface area contributed by atoms with Gasteiger partial charge in [-0.3, -0.25) is 4.79 Å². The van der Waals surface area contributed by atoms with Gasteiger partial charge in [0.05, 0.1) is 30.4 Å². The molecule has 2 aromatic carbocycles. The average molecular weight is 336 g/mol. The minimum atomic E-state index is -0.206. The Morgan fingerprint density at radius 1 is 1.20 bits per heavy atom. The van der Waals surface area contributed by atoms with Crippen LogP contribution in [0.15, 0.2) is 60.9 Å². The maximum atomic E-state index is 12.6. The summed E-state index contributed by atoms with van der Waals surface area (Å²) in [4.78, 5) is 12.6. The minimum absolute atomic E-state index is 0.206. The topological polar surface area (TPSA) is 69.0 Å². The van der Waals surface area contributed by atoms with Gasteiger partial charge in [-0.15, -0.1) is 5.10 Å². The Morgan fingerprint density at radius 2 is 2.04 bits per heavy atom. The van der Waals surface area contributed by atoms with E-state index in [4.69, 9.17) is 4.74 Å². The Labute approximate surface area is 146 Å². The molecular weight excluding hydrogens is 316 g/mol. The van der Waals surface area contributed by atoms with E-state index in [1.54, 1.807) is 29.2 Å². The number of hydrogen-bond donors (Lipinski definition) is 1. The fraction of sp³-hybridized carbons (Fsp3) is 0.211. The van der Waals surface area contributed by atoms with Crippen molar-refractivity contribution >= 4 is 11.6 Å². The summed E-state index contributed by atoms with van der Waals surface area (Å²) in [5.41, 5.74) is 1.95. The molecule has 0 spiro atoms. The van der Waals surface area contributed by atoms with Crippen LogP contribution in [0.1, 0.15) is 24.2 Å². The van der Waals surface area contributed by atoms with E-state index in [-0.39, 0.29) is 5.91 Å². The third-order valence-electron chi connectivity index (χ3n) is 3.50. The number of aromatic nitrogens is 3. The smallest absolute Gasteiger partial charge is 0.255 e. The van der Waals surface area contributed by atoms with Crippen molar-refractivity contribution in [2.24, 2.45) is 5.92 Å². The van der Waals surface area contributed by atoms with Crippen LogP contribution in [0.2, 0.25) is 0 Å². The van der Waals surface area contributed by atoms with Crippen molar-refractivity contribution in [1.29, 1.82) is 0 Å². The Kier molecular flexibility index (Phi) is 5.09. The van der Waals surface area contributed by atoms with Crippen LogP contribution in [-0.4, -0.2) is 27.5 Å². The molecule has 3 rings (SSSR count). The Bertz CT molecular complexity index is 844. The molecule has 0 unspecified atom stereocenters. The summed E-state index contributed by atoms with van der Waals surface area (Å²) < 4.78 is 7.30. The molecule has 0 aliphatic heterocycles. The number of nitrogens with one attached hydrogen (secondary N) is 1. The first-order valence-electron chi connectivity index (χ1n) is 8.13. The number of carbonyl (C=O) groups is 1. The van der Waals surface area contributed by atoms with E-state index in [0.29, 0.717) is 29.5 Å². The second-order valence-corrected chi connectivity index (χ2v) is 6.05. The van der Waals surface area contributed by atoms with E-state index in [2.05, 4.69) is 29.5 Å². The normalized spacial score (nSPS) is 10.7. The van der Waals surface area contributed by atoms with Gasteiger partial charge >= 0.3 is 0 Å². The molecule has 1 amide bonds. The molecule has 1 N–H and O–H groups in total. The lowest BCUT2D eigenvalue weighted by Crippen LogP contribution is -2.14. The van der Waals surface area contributed by atoms with Gasteiger partial charge in [-0.25, -0.2) is 4.68 Å². The van der Waals surface area contributed by atoms with Crippen molar-refractivity contribution in [1.82, 2.24) is 15.0 Å². The van der Waals surface area contributed by atoms with Gasteiger partial charge in [-0.05, 0) is 36.2 Å². The summed E-state index contributed by atoms with van der Waals surface area (Å²) in [7, 11) is 0. The molecule has 6 heteroatoms. The maximum absolute atomic E-state index is 12.6. The van der Waals surface area contributed by atoms with E-state index in [1.165, 1.54) is 0 Å². The first-order valence-corrected chi connectivity index (χ1v) is 8.13. The van der Waals surface area contributed by atoms with Crippen LogP contribution in [0.3, 0.4) is 0 Å². The number of ether oxygens (including phenoxy) is 1. The van der Waals surface area contributed by atoms with Gasteiger partial charge in [0, 0.05) is 5.56 Å². The molecule has 0 saturated heterocycles. The molecule has 1 heterocycles. The molecule has 128 valence electrons. The summed E-state index contributed by atoms with van der Waals surface area (Å²) in [6.07, 6.45) is 3.32. The lowest BCUT2D eigenvalue weighted by Gasteiger charge is -2.12. The van der Waals surface area contributed by atoms with Gasteiger partial charge in [0.25, 0.3) is 5.91 Å². The summed E-state index contributed by atoms with van der Waals surface area (Å²) in [6.45, 7) is 4.77. The summed E-state index contributed by atoms with van der Waals surface area (Å²) in [5, 5.41) is 10.7. The second-order valence-electron chi connectivity index (χ2n) is 6.05. The van der Waals surface area contributed by atoms with Crippen molar-refractivity contribution in [2.75, 3.05) is 11.9 Å². The number of benzene rings is 2. The predicted molar refractivity (Wildman–Crippen MR) is 96.1 cm³/mol. The number of hydrogen-bond acceptors (Lipinski definition) is 4. The number of amides is 1. The van der Waals surface area contributed by atoms with E-state index in [9.17, 15) is 4.79 Å². The van der Waals surface area contributed by atoms with Gasteiger partial charge in [0.1, 0.15) is 5.75 Å². The van der Waals surface area contributed by atoms with E-state index in [0.717, 1.165) is 5.69 Å². The maximum Gasteiger partial charge on any atom is 0.255 e. The third-order valence-corrected chi connectivity index (χ3v) is 3.50. The number of anilines is 1. The summed E-state index contributed by atoms with van der Waals surface area (Å²) in [5.74, 6) is 0.903. The molecule has 0 bridgehead atoms. The molecule has 25 heavy (non-hydrogen) atoms. The second kappa shape index (κ2) is 7.61. The number of carbonyl (C=O) groups excluding carboxylic acids is 1. The first-order chi connectivity index (χ1) is 12.1. The fourth-order valence-corrected chi connectivity index (χ4v) is 2.30. The highest BCUT2D eigenvalue weighted by atomic mass is 16.5. The largest absolute Gasteiger partial charge is 0.493 e. The molecule has 0 saturated carbocycles. The van der Waals surface area contributed by atoms with Crippen LogP contribution in [0, 0.1) is 5.92 Å². The monoisotopic (exact) mass is 336 g/mol. The predicted octanol–water partition coefficient (Wildman–Crippen LogP) is 3.55. The molecule has 0 fully saturated rings. The highest BCUT2D eigenvalue weighted by Crippen LogP contribution is 2.21. The third kappa shape index (κ3) is 4.23. The first kappa shape index (κ1) is 16.7. The van der Waals surface area contributed by atoms with E-state index < -0.39 is 0 Å². The van der Waals surface area contributed by atoms with Crippen LogP contribution in [0.25, 0.3) is 5.69 Å². The highest BCUT2D eigenvalue weighted by Gasteiger charge is 2.11. The molecule has 1 aromatic heterocycles. The van der Waals surface area contributed by atoms with Gasteiger partial charge in [-0.2, -0.15) is 0 Å². The standard InChI is InChI=1S/C19H20N4O2/c1-14(2)13-25-16-7-5-6-15(12-16)19(24)21-17-8-3-4-9-18(17)23-11-10-20-22-23/h3-12,14H,13H2,1-2H3,(H,21,24). The lowest BCUT2D eigenvalue weighted by molar-refractivity contribution is 0.102. The van der Waals surface area contributed by atoms with Crippen molar-refractivity contribution in [3.8, 4) is 11.4 Å².